The zero-order valence-electron chi connectivity index (χ0n) is 12.3. The summed E-state index contributed by atoms with van der Waals surface area (Å²) in [5.74, 6) is 0.852. The first-order valence-electron chi connectivity index (χ1n) is 7.60. The van der Waals surface area contributed by atoms with Crippen LogP contribution < -0.4 is 5.32 Å². The Labute approximate surface area is 142 Å². The number of nitrogens with one attached hydrogen (secondary N) is 1. The molecule has 0 aromatic heterocycles. The van der Waals surface area contributed by atoms with Gasteiger partial charge in [-0.25, -0.2) is 0 Å². The summed E-state index contributed by atoms with van der Waals surface area (Å²) in [6.45, 7) is 0. The number of halogens is 1. The van der Waals surface area contributed by atoms with Crippen molar-refractivity contribution in [1.29, 1.82) is 0 Å². The Morgan fingerprint density at radius 3 is 2.70 bits per heavy atom. The molecule has 0 amide bonds. The number of hydrogen-bond donors (Lipinski definition) is 1. The van der Waals surface area contributed by atoms with Gasteiger partial charge in [0.15, 0.2) is 0 Å². The number of benzene rings is 2. The maximum Gasteiger partial charge on any atom is 0.269 e. The third kappa shape index (κ3) is 2.45. The molecule has 5 heteroatoms. The van der Waals surface area contributed by atoms with Crippen LogP contribution in [0.4, 0.5) is 11.4 Å². The van der Waals surface area contributed by atoms with Gasteiger partial charge in [-0.1, -0.05) is 46.3 Å². The lowest BCUT2D eigenvalue weighted by atomic mass is 9.77. The number of hydrogen-bond acceptors (Lipinski definition) is 3. The number of nitro benzene ring substituents is 1. The van der Waals surface area contributed by atoms with E-state index in [0.29, 0.717) is 11.8 Å². The summed E-state index contributed by atoms with van der Waals surface area (Å²) in [5.41, 5.74) is 3.69. The summed E-state index contributed by atoms with van der Waals surface area (Å²) in [4.78, 5) is 10.5. The number of non-ortho nitro benzene ring substituents is 1. The Bertz CT molecular complexity index is 801. The number of allylic oxidation sites excluding steroid dienone is 2. The van der Waals surface area contributed by atoms with E-state index in [4.69, 9.17) is 0 Å². The topological polar surface area (TPSA) is 55.2 Å². The Kier molecular flexibility index (Phi) is 3.45. The quantitative estimate of drug-likeness (QED) is 0.449. The number of rotatable bonds is 2. The number of nitrogens with zero attached hydrogens (tertiary/aromatic N) is 1. The molecule has 2 aromatic carbocycles. The number of anilines is 1. The lowest BCUT2D eigenvalue weighted by Crippen LogP contribution is -2.29. The minimum atomic E-state index is -0.357. The summed E-state index contributed by atoms with van der Waals surface area (Å²) in [6, 6.07) is 13.4. The van der Waals surface area contributed by atoms with Gasteiger partial charge in [-0.3, -0.25) is 10.1 Å². The molecule has 116 valence electrons. The molecule has 0 fully saturated rings. The Hall–Kier alpha value is -2.14. The van der Waals surface area contributed by atoms with Crippen molar-refractivity contribution in [3.05, 3.63) is 80.3 Å². The minimum absolute atomic E-state index is 0.133. The first-order chi connectivity index (χ1) is 11.1. The molecule has 4 rings (SSSR count). The van der Waals surface area contributed by atoms with E-state index in [1.54, 1.807) is 12.1 Å². The molecule has 23 heavy (non-hydrogen) atoms. The van der Waals surface area contributed by atoms with Gasteiger partial charge in [0.25, 0.3) is 5.69 Å². The van der Waals surface area contributed by atoms with E-state index >= 15 is 0 Å². The zero-order chi connectivity index (χ0) is 16.0. The van der Waals surface area contributed by atoms with Crippen LogP contribution in [0.1, 0.15) is 29.5 Å². The maximum atomic E-state index is 10.8. The molecule has 0 bridgehead atoms. The summed E-state index contributed by atoms with van der Waals surface area (Å²) in [7, 11) is 0. The first-order valence-corrected chi connectivity index (χ1v) is 8.40. The smallest absolute Gasteiger partial charge is 0.269 e. The average molecular weight is 371 g/mol. The molecule has 1 N–H and O–H groups in total. The predicted octanol–water partition coefficient (Wildman–Crippen LogP) is 5.18. The van der Waals surface area contributed by atoms with E-state index in [9.17, 15) is 10.1 Å². The van der Waals surface area contributed by atoms with Gasteiger partial charge in [-0.15, -0.1) is 0 Å². The molecule has 2 aliphatic rings. The normalized spacial score (nSPS) is 24.7. The van der Waals surface area contributed by atoms with E-state index in [-0.39, 0.29) is 16.7 Å². The summed E-state index contributed by atoms with van der Waals surface area (Å²) in [5, 5.41) is 14.5. The molecule has 0 unspecified atom stereocenters. The van der Waals surface area contributed by atoms with E-state index in [1.165, 1.54) is 5.56 Å². The largest absolute Gasteiger partial charge is 0.378 e. The number of nitro groups is 1. The van der Waals surface area contributed by atoms with Gasteiger partial charge in [0.05, 0.1) is 11.0 Å². The lowest BCUT2D eigenvalue weighted by molar-refractivity contribution is -0.384. The Morgan fingerprint density at radius 1 is 1.17 bits per heavy atom. The third-order valence-electron chi connectivity index (χ3n) is 4.79. The molecule has 1 heterocycles. The second kappa shape index (κ2) is 5.49. The van der Waals surface area contributed by atoms with Crippen molar-refractivity contribution in [3.63, 3.8) is 0 Å². The van der Waals surface area contributed by atoms with Crippen LogP contribution in [-0.2, 0) is 0 Å². The number of fused-ring (bicyclic) bond motifs is 3. The fraction of sp³-hybridized carbons (Fsp3) is 0.222. The van der Waals surface area contributed by atoms with Gasteiger partial charge in [-0.05, 0) is 35.6 Å². The van der Waals surface area contributed by atoms with Crippen LogP contribution >= 0.6 is 15.9 Å². The lowest BCUT2D eigenvalue weighted by Gasteiger charge is -2.37. The van der Waals surface area contributed by atoms with E-state index in [2.05, 4.69) is 51.6 Å². The molecule has 1 aliphatic carbocycles. The zero-order valence-corrected chi connectivity index (χ0v) is 13.9. The highest BCUT2D eigenvalue weighted by molar-refractivity contribution is 9.10. The van der Waals surface area contributed by atoms with E-state index in [1.807, 2.05) is 12.1 Å². The molecule has 2 aromatic rings. The van der Waals surface area contributed by atoms with Crippen LogP contribution in [0.5, 0.6) is 0 Å². The molecule has 4 nitrogen and oxygen atoms in total. The molecular weight excluding hydrogens is 356 g/mol. The fourth-order valence-corrected chi connectivity index (χ4v) is 4.06. The SMILES string of the molecule is O=[N+]([O-])c1ccc([C@@H]2Nc3cc(Br)ccc3[C@H]3C=CC[C@@H]32)cc1. The Morgan fingerprint density at radius 2 is 1.96 bits per heavy atom. The van der Waals surface area contributed by atoms with Crippen molar-refractivity contribution >= 4 is 27.3 Å². The second-order valence-electron chi connectivity index (χ2n) is 6.06. The van der Waals surface area contributed by atoms with E-state index < -0.39 is 0 Å². The molecule has 0 spiro atoms. The Balaban J connectivity index is 1.73. The van der Waals surface area contributed by atoms with Gasteiger partial charge in [0.1, 0.15) is 0 Å². The standard InChI is InChI=1S/C18H15BrN2O2/c19-12-6-9-15-14-2-1-3-16(14)18(20-17(15)10-12)11-4-7-13(8-5-11)21(22)23/h1-2,4-10,14,16,18,20H,3H2/t14-,16+,18+/m1/s1. The van der Waals surface area contributed by atoms with Crippen molar-refractivity contribution in [1.82, 2.24) is 0 Å². The molecule has 0 radical (unpaired) electrons. The highest BCUT2D eigenvalue weighted by atomic mass is 79.9. The van der Waals surface area contributed by atoms with E-state index in [0.717, 1.165) is 22.1 Å². The van der Waals surface area contributed by atoms with Gasteiger partial charge in [0.2, 0.25) is 0 Å². The van der Waals surface area contributed by atoms with Crippen LogP contribution in [0, 0.1) is 16.0 Å². The van der Waals surface area contributed by atoms with Crippen molar-refractivity contribution < 1.29 is 4.92 Å². The van der Waals surface area contributed by atoms with Crippen molar-refractivity contribution in [2.75, 3.05) is 5.32 Å². The fourth-order valence-electron chi connectivity index (χ4n) is 3.70. The van der Waals surface area contributed by atoms with Crippen LogP contribution in [0.3, 0.4) is 0 Å². The molecule has 0 saturated carbocycles. The molecule has 0 saturated heterocycles. The maximum absolute atomic E-state index is 10.8. The summed E-state index contributed by atoms with van der Waals surface area (Å²) < 4.78 is 1.05. The highest BCUT2D eigenvalue weighted by Gasteiger charge is 2.37. The highest BCUT2D eigenvalue weighted by Crippen LogP contribution is 2.50. The minimum Gasteiger partial charge on any atom is -0.378 e. The van der Waals surface area contributed by atoms with Crippen molar-refractivity contribution in [3.8, 4) is 0 Å². The second-order valence-corrected chi connectivity index (χ2v) is 6.97. The van der Waals surface area contributed by atoms with Gasteiger partial charge in [0, 0.05) is 28.2 Å². The van der Waals surface area contributed by atoms with Crippen molar-refractivity contribution in [2.24, 2.45) is 5.92 Å². The predicted molar refractivity (Wildman–Crippen MR) is 93.6 cm³/mol. The monoisotopic (exact) mass is 370 g/mol. The van der Waals surface area contributed by atoms with Gasteiger partial charge >= 0.3 is 0 Å². The van der Waals surface area contributed by atoms with Gasteiger partial charge in [-0.2, -0.15) is 0 Å². The van der Waals surface area contributed by atoms with Crippen LogP contribution in [0.2, 0.25) is 0 Å². The molecular formula is C18H15BrN2O2. The van der Waals surface area contributed by atoms with Crippen LogP contribution in [-0.4, -0.2) is 4.92 Å². The van der Waals surface area contributed by atoms with Crippen LogP contribution in [0.15, 0.2) is 59.1 Å². The van der Waals surface area contributed by atoms with Crippen LogP contribution in [0.25, 0.3) is 0 Å². The summed E-state index contributed by atoms with van der Waals surface area (Å²) >= 11 is 3.53. The summed E-state index contributed by atoms with van der Waals surface area (Å²) in [6.07, 6.45) is 5.55. The van der Waals surface area contributed by atoms with Gasteiger partial charge < -0.3 is 5.32 Å². The first kappa shape index (κ1) is 14.5. The average Bonchev–Trinajstić information content (AvgIpc) is 3.03. The third-order valence-corrected chi connectivity index (χ3v) is 5.28. The molecule has 1 aliphatic heterocycles. The van der Waals surface area contributed by atoms with Crippen molar-refractivity contribution in [2.45, 2.75) is 18.4 Å². The molecule has 3 atom stereocenters.